The molecule has 1 saturated carbocycles. The smallest absolute Gasteiger partial charge is 0.242 e. The molecule has 5 nitrogen and oxygen atoms in total. The number of hydrogen-bond donors (Lipinski definition) is 3. The third-order valence-electron chi connectivity index (χ3n) is 5.16. The van der Waals surface area contributed by atoms with Gasteiger partial charge < -0.3 is 5.32 Å². The number of rotatable bonds is 4. The third kappa shape index (κ3) is 5.41. The van der Waals surface area contributed by atoms with Gasteiger partial charge in [-0.3, -0.25) is 20.4 Å². The van der Waals surface area contributed by atoms with Gasteiger partial charge in [-0.15, -0.1) is 0 Å². The summed E-state index contributed by atoms with van der Waals surface area (Å²) in [5.41, 5.74) is 9.30. The van der Waals surface area contributed by atoms with Crippen LogP contribution in [0, 0.1) is 5.92 Å². The number of carbonyl (C=O) groups excluding carboxylic acids is 2. The van der Waals surface area contributed by atoms with Gasteiger partial charge in [0.15, 0.2) is 10.9 Å². The maximum Gasteiger partial charge on any atom is 0.242 e. The van der Waals surface area contributed by atoms with Crippen LogP contribution < -0.4 is 16.2 Å². The van der Waals surface area contributed by atoms with E-state index in [0.29, 0.717) is 11.3 Å². The van der Waals surface area contributed by atoms with Crippen LogP contribution in [0.5, 0.6) is 0 Å². The van der Waals surface area contributed by atoms with Crippen molar-refractivity contribution in [3.63, 3.8) is 0 Å². The maximum absolute atomic E-state index is 12.4. The highest BCUT2D eigenvalue weighted by atomic mass is 32.1. The van der Waals surface area contributed by atoms with Crippen molar-refractivity contribution in [3.05, 3.63) is 65.2 Å². The summed E-state index contributed by atoms with van der Waals surface area (Å²) in [6.45, 7) is 8.08. The molecular formula is C23H27N3O2S. The first-order valence-corrected chi connectivity index (χ1v) is 10.1. The largest absolute Gasteiger partial charge is 0.331 e. The van der Waals surface area contributed by atoms with E-state index in [-0.39, 0.29) is 34.1 Å². The summed E-state index contributed by atoms with van der Waals surface area (Å²) in [6.07, 6.45) is 0.837. The van der Waals surface area contributed by atoms with Crippen molar-refractivity contribution in [1.82, 2.24) is 10.9 Å². The molecule has 0 saturated heterocycles. The highest BCUT2D eigenvalue weighted by Gasteiger charge is 2.44. The van der Waals surface area contributed by atoms with Gasteiger partial charge in [-0.1, -0.05) is 57.2 Å². The van der Waals surface area contributed by atoms with Crippen molar-refractivity contribution < 1.29 is 9.59 Å². The van der Waals surface area contributed by atoms with Crippen molar-refractivity contribution >= 4 is 34.7 Å². The van der Waals surface area contributed by atoms with Crippen LogP contribution in [0.1, 0.15) is 61.5 Å². The molecule has 0 spiro atoms. The molecule has 29 heavy (non-hydrogen) atoms. The quantitative estimate of drug-likeness (QED) is 0.399. The molecular weight excluding hydrogens is 382 g/mol. The standard InChI is InChI=1S/C23H27N3O2S/c1-14(27)16-6-5-7-18(12-16)24-22(29)26-25-21(28)20-13-19(20)15-8-10-17(11-9-15)23(2,3)4/h5-12,19-20H,13H2,1-4H3,(H,25,28)(H2,24,26,29)/t19-,20-/m0/s1. The second-order valence-electron chi connectivity index (χ2n) is 8.53. The lowest BCUT2D eigenvalue weighted by molar-refractivity contribution is -0.122. The molecule has 0 aromatic heterocycles. The molecule has 2 aromatic carbocycles. The Morgan fingerprint density at radius 2 is 1.72 bits per heavy atom. The highest BCUT2D eigenvalue weighted by molar-refractivity contribution is 7.80. The Morgan fingerprint density at radius 1 is 1.03 bits per heavy atom. The van der Waals surface area contributed by atoms with Gasteiger partial charge in [-0.25, -0.2) is 0 Å². The molecule has 152 valence electrons. The summed E-state index contributed by atoms with van der Waals surface area (Å²) < 4.78 is 0. The molecule has 2 aromatic rings. The van der Waals surface area contributed by atoms with Gasteiger partial charge in [0.1, 0.15) is 0 Å². The molecule has 0 heterocycles. The summed E-state index contributed by atoms with van der Waals surface area (Å²) in [6, 6.07) is 15.6. The number of Topliss-reactive ketones (excluding diaryl/α,β-unsaturated/α-hetero) is 1. The molecule has 0 aliphatic heterocycles. The number of carbonyl (C=O) groups is 2. The van der Waals surface area contributed by atoms with Gasteiger partial charge >= 0.3 is 0 Å². The fourth-order valence-electron chi connectivity index (χ4n) is 3.27. The molecule has 1 aliphatic rings. The molecule has 0 unspecified atom stereocenters. The predicted octanol–water partition coefficient (Wildman–Crippen LogP) is 4.31. The van der Waals surface area contributed by atoms with Crippen LogP contribution in [-0.4, -0.2) is 16.8 Å². The first kappa shape index (κ1) is 21.0. The average molecular weight is 410 g/mol. The Hall–Kier alpha value is -2.73. The summed E-state index contributed by atoms with van der Waals surface area (Å²) >= 11 is 5.22. The molecule has 0 bridgehead atoms. The summed E-state index contributed by atoms with van der Waals surface area (Å²) in [5, 5.41) is 3.24. The van der Waals surface area contributed by atoms with Crippen LogP contribution >= 0.6 is 12.2 Å². The lowest BCUT2D eigenvalue weighted by atomic mass is 9.86. The van der Waals surface area contributed by atoms with Crippen molar-refractivity contribution in [2.24, 2.45) is 5.92 Å². The van der Waals surface area contributed by atoms with E-state index in [2.05, 4.69) is 61.2 Å². The molecule has 1 fully saturated rings. The molecule has 6 heteroatoms. The number of nitrogens with one attached hydrogen (secondary N) is 3. The predicted molar refractivity (Wildman–Crippen MR) is 120 cm³/mol. The second-order valence-corrected chi connectivity index (χ2v) is 8.93. The molecule has 3 N–H and O–H groups in total. The minimum atomic E-state index is -0.0727. The minimum absolute atomic E-state index is 0.0175. The number of amides is 1. The van der Waals surface area contributed by atoms with E-state index >= 15 is 0 Å². The monoisotopic (exact) mass is 409 g/mol. The maximum atomic E-state index is 12.4. The van der Waals surface area contributed by atoms with Crippen molar-refractivity contribution in [2.45, 2.75) is 45.4 Å². The summed E-state index contributed by atoms with van der Waals surface area (Å²) in [5.74, 6) is 0.110. The van der Waals surface area contributed by atoms with Crippen molar-refractivity contribution in [3.8, 4) is 0 Å². The van der Waals surface area contributed by atoms with Gasteiger partial charge in [0.25, 0.3) is 0 Å². The lowest BCUT2D eigenvalue weighted by Gasteiger charge is -2.19. The van der Waals surface area contributed by atoms with Crippen LogP contribution in [0.2, 0.25) is 0 Å². The second kappa shape index (κ2) is 8.33. The lowest BCUT2D eigenvalue weighted by Crippen LogP contribution is -2.44. The SMILES string of the molecule is CC(=O)c1cccc(NC(=S)NNC(=O)[C@H]2C[C@H]2c2ccc(C(C)(C)C)cc2)c1. The van der Waals surface area contributed by atoms with Gasteiger partial charge in [0, 0.05) is 17.2 Å². The Bertz CT molecular complexity index is 932. The van der Waals surface area contributed by atoms with Crippen LogP contribution in [0.4, 0.5) is 5.69 Å². The topological polar surface area (TPSA) is 70.2 Å². The van der Waals surface area contributed by atoms with E-state index in [4.69, 9.17) is 12.2 Å². The zero-order valence-electron chi connectivity index (χ0n) is 17.2. The third-order valence-corrected chi connectivity index (χ3v) is 5.36. The van der Waals surface area contributed by atoms with Crippen LogP contribution in [0.25, 0.3) is 0 Å². The highest BCUT2D eigenvalue weighted by Crippen LogP contribution is 2.47. The molecule has 0 radical (unpaired) electrons. The zero-order chi connectivity index (χ0) is 21.2. The van der Waals surface area contributed by atoms with E-state index in [1.54, 1.807) is 24.3 Å². The summed E-state index contributed by atoms with van der Waals surface area (Å²) in [7, 11) is 0. The first-order valence-electron chi connectivity index (χ1n) is 9.73. The fourth-order valence-corrected chi connectivity index (χ4v) is 3.44. The molecule has 1 amide bonds. The first-order chi connectivity index (χ1) is 13.6. The van der Waals surface area contributed by atoms with Crippen molar-refractivity contribution in [1.29, 1.82) is 0 Å². The van der Waals surface area contributed by atoms with Crippen LogP contribution in [0.3, 0.4) is 0 Å². The van der Waals surface area contributed by atoms with E-state index in [0.717, 1.165) is 6.42 Å². The number of benzene rings is 2. The molecule has 2 atom stereocenters. The van der Waals surface area contributed by atoms with Crippen LogP contribution in [-0.2, 0) is 10.2 Å². The minimum Gasteiger partial charge on any atom is -0.331 e. The number of hydrogen-bond acceptors (Lipinski definition) is 3. The molecule has 3 rings (SSSR count). The Kier molecular flexibility index (Phi) is 6.03. The summed E-state index contributed by atoms with van der Waals surface area (Å²) in [4.78, 5) is 23.9. The Morgan fingerprint density at radius 3 is 2.34 bits per heavy atom. The van der Waals surface area contributed by atoms with E-state index in [9.17, 15) is 9.59 Å². The van der Waals surface area contributed by atoms with E-state index in [1.165, 1.54) is 18.1 Å². The van der Waals surface area contributed by atoms with E-state index in [1.807, 2.05) is 0 Å². The van der Waals surface area contributed by atoms with Gasteiger partial charge in [0.05, 0.1) is 0 Å². The van der Waals surface area contributed by atoms with Crippen molar-refractivity contribution in [2.75, 3.05) is 5.32 Å². The number of ketones is 1. The van der Waals surface area contributed by atoms with Gasteiger partial charge in [0.2, 0.25) is 5.91 Å². The van der Waals surface area contributed by atoms with Gasteiger partial charge in [-0.2, -0.15) is 0 Å². The normalized spacial score (nSPS) is 17.9. The Balaban J connectivity index is 1.48. The fraction of sp³-hybridized carbons (Fsp3) is 0.348. The van der Waals surface area contributed by atoms with E-state index < -0.39 is 0 Å². The zero-order valence-corrected chi connectivity index (χ0v) is 18.0. The number of hydrazine groups is 1. The average Bonchev–Trinajstić information content (AvgIpc) is 3.46. The molecule has 1 aliphatic carbocycles. The number of thiocarbonyl (C=S) groups is 1. The van der Waals surface area contributed by atoms with Crippen LogP contribution in [0.15, 0.2) is 48.5 Å². The van der Waals surface area contributed by atoms with Gasteiger partial charge in [-0.05, 0) is 60.2 Å². The Labute approximate surface area is 177 Å². The number of anilines is 1.